The Morgan fingerprint density at radius 3 is 3.17 bits per heavy atom. The Hall–Kier alpha value is -1.49. The largest absolute Gasteiger partial charge is 0.373 e. The van der Waals surface area contributed by atoms with Gasteiger partial charge in [0.1, 0.15) is 11.5 Å². The molecule has 1 N–H and O–H groups in total. The van der Waals surface area contributed by atoms with Crippen LogP contribution in [0, 0.1) is 4.91 Å². The molecule has 0 saturated heterocycles. The first-order valence-corrected chi connectivity index (χ1v) is 6.94. The Morgan fingerprint density at radius 2 is 2.39 bits per heavy atom. The van der Waals surface area contributed by atoms with Gasteiger partial charge in [0.15, 0.2) is 0 Å². The molecule has 0 radical (unpaired) electrons. The zero-order valence-corrected chi connectivity index (χ0v) is 10.9. The minimum atomic E-state index is -0.303. The van der Waals surface area contributed by atoms with Crippen LogP contribution in [0.5, 0.6) is 0 Å². The van der Waals surface area contributed by atoms with Gasteiger partial charge in [-0.15, -0.1) is 0 Å². The number of nitrogens with zero attached hydrogens (tertiary/aromatic N) is 1. The Kier molecular flexibility index (Phi) is 2.78. The molecule has 2 aliphatic rings. The second-order valence-corrected chi connectivity index (χ2v) is 5.57. The van der Waals surface area contributed by atoms with Crippen molar-refractivity contribution in [1.82, 2.24) is 5.32 Å². The molecule has 0 amide bonds. The van der Waals surface area contributed by atoms with Gasteiger partial charge in [0.25, 0.3) is 5.70 Å². The maximum atomic E-state index is 13.7. The van der Waals surface area contributed by atoms with E-state index in [-0.39, 0.29) is 5.83 Å². The number of hydrogen-bond donors (Lipinski definition) is 1. The Labute approximate surface area is 109 Å². The number of halogens is 1. The Balaban J connectivity index is 2.09. The highest BCUT2D eigenvalue weighted by Crippen LogP contribution is 2.38. The summed E-state index contributed by atoms with van der Waals surface area (Å²) in [5.41, 5.74) is 1.87. The van der Waals surface area contributed by atoms with Crippen molar-refractivity contribution in [3.63, 3.8) is 0 Å². The van der Waals surface area contributed by atoms with Gasteiger partial charge in [-0.1, -0.05) is 18.3 Å². The van der Waals surface area contributed by atoms with Crippen molar-refractivity contribution in [3.8, 4) is 0 Å². The van der Waals surface area contributed by atoms with Gasteiger partial charge < -0.3 is 5.32 Å². The van der Waals surface area contributed by atoms with Crippen LogP contribution >= 0.6 is 11.3 Å². The van der Waals surface area contributed by atoms with Crippen LogP contribution in [0.15, 0.2) is 29.4 Å². The average Bonchev–Trinajstić information content (AvgIpc) is 2.74. The van der Waals surface area contributed by atoms with E-state index in [9.17, 15) is 9.30 Å². The topological polar surface area (TPSA) is 32.1 Å². The van der Waals surface area contributed by atoms with E-state index in [2.05, 4.69) is 12.2 Å². The first-order chi connectivity index (χ1) is 8.70. The molecule has 1 aliphatic carbocycles. The molecule has 0 unspecified atom stereocenters. The second-order valence-electron chi connectivity index (χ2n) is 4.46. The molecule has 0 spiro atoms. The summed E-state index contributed by atoms with van der Waals surface area (Å²) < 4.78 is 14.6. The molecule has 0 atom stereocenters. The van der Waals surface area contributed by atoms with Gasteiger partial charge in [-0.05, 0) is 25.0 Å². The van der Waals surface area contributed by atoms with Crippen molar-refractivity contribution >= 4 is 16.3 Å². The number of hydrogen-bond acceptors (Lipinski definition) is 3. The summed E-state index contributed by atoms with van der Waals surface area (Å²) in [6.07, 6.45) is 3.65. The maximum Gasteiger partial charge on any atom is 0.323 e. The fourth-order valence-electron chi connectivity index (χ4n) is 2.34. The molecule has 1 aliphatic heterocycles. The molecule has 1 aromatic rings. The lowest BCUT2D eigenvalue weighted by molar-refractivity contribution is -0.407. The number of nitrogens with one attached hydrogen (secondary N) is 1. The highest BCUT2D eigenvalue weighted by Gasteiger charge is 2.36. The van der Waals surface area contributed by atoms with Crippen LogP contribution < -0.4 is 5.32 Å². The molecule has 0 bridgehead atoms. The molecule has 3 rings (SSSR count). The molecule has 1 aromatic heterocycles. The van der Waals surface area contributed by atoms with Crippen LogP contribution in [0.3, 0.4) is 0 Å². The van der Waals surface area contributed by atoms with E-state index in [4.69, 9.17) is 0 Å². The Bertz CT molecular complexity index is 586. The minimum Gasteiger partial charge on any atom is -0.373 e. The standard InChI is InChI=1S/C13H14FN2OS/c1-2-9-6-8-7-15-12-10(14)4-3-5-11(12)16(17)13(8)18-9/h4,6,15H,2-3,5,7H2,1H3/q+1. The van der Waals surface area contributed by atoms with Gasteiger partial charge in [0.05, 0.1) is 10.3 Å². The maximum absolute atomic E-state index is 13.7. The first kappa shape index (κ1) is 11.6. The van der Waals surface area contributed by atoms with Gasteiger partial charge in [-0.3, -0.25) is 0 Å². The van der Waals surface area contributed by atoms with Crippen molar-refractivity contribution in [2.24, 2.45) is 0 Å². The Morgan fingerprint density at radius 1 is 1.56 bits per heavy atom. The number of thiophene rings is 1. The van der Waals surface area contributed by atoms with Crippen molar-refractivity contribution in [2.45, 2.75) is 32.7 Å². The van der Waals surface area contributed by atoms with Crippen LogP contribution in [0.4, 0.5) is 9.39 Å². The molecule has 18 heavy (non-hydrogen) atoms. The summed E-state index contributed by atoms with van der Waals surface area (Å²) in [6, 6.07) is 2.04. The van der Waals surface area contributed by atoms with Gasteiger partial charge in [0.2, 0.25) is 0 Å². The SMILES string of the molecule is CCc1cc2c(s1)[N+](=O)C1=C(NC2)C(F)=CCC1. The minimum absolute atomic E-state index is 0.303. The molecule has 2 heterocycles. The smallest absolute Gasteiger partial charge is 0.323 e. The van der Waals surface area contributed by atoms with Gasteiger partial charge in [-0.2, -0.15) is 0 Å². The van der Waals surface area contributed by atoms with Crippen LogP contribution in [0.25, 0.3) is 0 Å². The number of allylic oxidation sites excluding steroid dienone is 3. The average molecular weight is 265 g/mol. The summed E-state index contributed by atoms with van der Waals surface area (Å²) in [5.74, 6) is -0.303. The van der Waals surface area contributed by atoms with E-state index in [1.54, 1.807) is 0 Å². The third-order valence-corrected chi connectivity index (χ3v) is 4.59. The fourth-order valence-corrected chi connectivity index (χ4v) is 3.39. The normalized spacial score (nSPS) is 18.8. The zero-order valence-electron chi connectivity index (χ0n) is 10.1. The van der Waals surface area contributed by atoms with E-state index in [1.165, 1.54) is 22.3 Å². The van der Waals surface area contributed by atoms with E-state index in [0.29, 0.717) is 35.8 Å². The molecular formula is C13H14FN2OS+. The predicted octanol–water partition coefficient (Wildman–Crippen LogP) is 3.68. The molecule has 0 aromatic carbocycles. The highest BCUT2D eigenvalue weighted by atomic mass is 32.1. The summed E-state index contributed by atoms with van der Waals surface area (Å²) in [7, 11) is 0. The lowest BCUT2D eigenvalue weighted by atomic mass is 10.1. The number of rotatable bonds is 1. The highest BCUT2D eigenvalue weighted by molar-refractivity contribution is 7.15. The lowest BCUT2D eigenvalue weighted by Gasteiger charge is -2.09. The molecular weight excluding hydrogens is 251 g/mol. The van der Waals surface area contributed by atoms with Crippen molar-refractivity contribution in [1.29, 1.82) is 0 Å². The van der Waals surface area contributed by atoms with Crippen LogP contribution in [0.1, 0.15) is 30.2 Å². The molecule has 0 saturated carbocycles. The quantitative estimate of drug-likeness (QED) is 0.785. The monoisotopic (exact) mass is 265 g/mol. The van der Waals surface area contributed by atoms with Gasteiger partial charge in [-0.25, -0.2) is 4.39 Å². The number of nitroso groups, excluding NO2 is 1. The van der Waals surface area contributed by atoms with Crippen molar-refractivity contribution in [2.75, 3.05) is 0 Å². The first-order valence-electron chi connectivity index (χ1n) is 6.12. The van der Waals surface area contributed by atoms with E-state index in [1.807, 2.05) is 6.07 Å². The zero-order chi connectivity index (χ0) is 12.7. The molecule has 0 fully saturated rings. The number of fused-ring (bicyclic) bond motifs is 1. The fraction of sp³-hybridized carbons (Fsp3) is 0.385. The van der Waals surface area contributed by atoms with Crippen molar-refractivity contribution < 1.29 is 9.15 Å². The molecule has 94 valence electrons. The van der Waals surface area contributed by atoms with E-state index < -0.39 is 0 Å². The second kappa shape index (κ2) is 4.31. The van der Waals surface area contributed by atoms with Crippen molar-refractivity contribution in [3.05, 3.63) is 44.7 Å². The lowest BCUT2D eigenvalue weighted by Crippen LogP contribution is -2.17. The third-order valence-electron chi connectivity index (χ3n) is 3.30. The number of aryl methyl sites for hydroxylation is 1. The summed E-state index contributed by atoms with van der Waals surface area (Å²) in [4.78, 5) is 13.6. The van der Waals surface area contributed by atoms with E-state index >= 15 is 0 Å². The predicted molar refractivity (Wildman–Crippen MR) is 69.3 cm³/mol. The summed E-state index contributed by atoms with van der Waals surface area (Å²) in [5, 5.41) is 3.77. The van der Waals surface area contributed by atoms with Crippen LogP contribution in [0.2, 0.25) is 0 Å². The van der Waals surface area contributed by atoms with Gasteiger partial charge in [0, 0.05) is 22.7 Å². The van der Waals surface area contributed by atoms with Crippen LogP contribution in [-0.2, 0) is 13.0 Å². The molecule has 5 heteroatoms. The third kappa shape index (κ3) is 1.70. The summed E-state index contributed by atoms with van der Waals surface area (Å²) in [6.45, 7) is 2.59. The summed E-state index contributed by atoms with van der Waals surface area (Å²) >= 11 is 1.51. The van der Waals surface area contributed by atoms with Crippen LogP contribution in [-0.4, -0.2) is 4.76 Å². The van der Waals surface area contributed by atoms with E-state index in [0.717, 1.165) is 16.7 Å². The molecule has 3 nitrogen and oxygen atoms in total. The van der Waals surface area contributed by atoms with Gasteiger partial charge >= 0.3 is 5.00 Å².